The summed E-state index contributed by atoms with van der Waals surface area (Å²) < 4.78 is 57.7. The highest BCUT2D eigenvalue weighted by Crippen LogP contribution is 2.44. The van der Waals surface area contributed by atoms with Crippen LogP contribution in [-0.2, 0) is 0 Å². The van der Waals surface area contributed by atoms with E-state index in [-0.39, 0.29) is 28.1 Å². The van der Waals surface area contributed by atoms with Crippen molar-refractivity contribution >= 4 is 28.2 Å². The molecule has 1 saturated carbocycles. The molecular weight excluding hydrogens is 446 g/mol. The Hall–Kier alpha value is -3.67. The molecular formula is C25H21F4N5. The molecule has 0 aliphatic heterocycles. The maximum Gasteiger partial charge on any atom is 0.257 e. The second kappa shape index (κ2) is 8.28. The summed E-state index contributed by atoms with van der Waals surface area (Å²) in [5.41, 5.74) is 0.759. The van der Waals surface area contributed by atoms with Crippen molar-refractivity contribution in [3.8, 4) is 11.8 Å². The standard InChI is InChI=1S/C25H21F4N5/c1-25(2,16-3-4-16)8-7-15-9-18(27)11-19(10-15)33(13-22(28)29)23-20-12-17(26)5-6-21(20)34-14-30-32-24(34)31-23/h5-6,9-12,14,16,22H,3-4,13H2,1-2H3. The van der Waals surface area contributed by atoms with Crippen LogP contribution in [0.15, 0.2) is 42.7 Å². The van der Waals surface area contributed by atoms with E-state index in [1.807, 2.05) is 13.8 Å². The van der Waals surface area contributed by atoms with Gasteiger partial charge in [-0.2, -0.15) is 4.98 Å². The number of benzene rings is 2. The number of halogens is 4. The second-order valence-corrected chi connectivity index (χ2v) is 9.04. The van der Waals surface area contributed by atoms with Crippen molar-refractivity contribution in [3.05, 3.63) is 59.9 Å². The number of anilines is 2. The maximum absolute atomic E-state index is 14.6. The van der Waals surface area contributed by atoms with Gasteiger partial charge in [0.05, 0.1) is 12.1 Å². The Morgan fingerprint density at radius 2 is 1.91 bits per heavy atom. The first-order valence-electron chi connectivity index (χ1n) is 10.9. The molecule has 1 aliphatic carbocycles. The van der Waals surface area contributed by atoms with Gasteiger partial charge in [-0.25, -0.2) is 17.6 Å². The molecule has 2 aromatic carbocycles. The molecule has 5 rings (SSSR count). The van der Waals surface area contributed by atoms with Crippen molar-refractivity contribution in [1.29, 1.82) is 0 Å². The highest BCUT2D eigenvalue weighted by molar-refractivity contribution is 5.93. The molecule has 0 saturated heterocycles. The molecule has 2 aromatic heterocycles. The summed E-state index contributed by atoms with van der Waals surface area (Å²) in [4.78, 5) is 5.54. The largest absolute Gasteiger partial charge is 0.320 e. The van der Waals surface area contributed by atoms with Crippen LogP contribution in [0.1, 0.15) is 32.3 Å². The molecule has 0 bridgehead atoms. The molecule has 1 aliphatic rings. The van der Waals surface area contributed by atoms with Crippen LogP contribution in [0, 0.1) is 34.8 Å². The topological polar surface area (TPSA) is 46.3 Å². The summed E-state index contributed by atoms with van der Waals surface area (Å²) in [6.07, 6.45) is 0.852. The van der Waals surface area contributed by atoms with Crippen LogP contribution < -0.4 is 4.90 Å². The molecule has 0 N–H and O–H groups in total. The van der Waals surface area contributed by atoms with Crippen LogP contribution in [0.25, 0.3) is 16.7 Å². The lowest BCUT2D eigenvalue weighted by atomic mass is 9.88. The highest BCUT2D eigenvalue weighted by Gasteiger charge is 2.36. The van der Waals surface area contributed by atoms with Crippen molar-refractivity contribution in [2.75, 3.05) is 11.4 Å². The molecule has 0 amide bonds. The third kappa shape index (κ3) is 4.28. The number of fused-ring (bicyclic) bond motifs is 3. The van der Waals surface area contributed by atoms with Crippen LogP contribution in [0.5, 0.6) is 0 Å². The summed E-state index contributed by atoms with van der Waals surface area (Å²) >= 11 is 0. The average Bonchev–Trinajstić information content (AvgIpc) is 3.54. The van der Waals surface area contributed by atoms with E-state index in [0.717, 1.165) is 18.9 Å². The summed E-state index contributed by atoms with van der Waals surface area (Å²) in [6.45, 7) is 3.30. The van der Waals surface area contributed by atoms with Gasteiger partial charge >= 0.3 is 0 Å². The minimum atomic E-state index is -2.77. The first-order chi connectivity index (χ1) is 16.2. The molecule has 9 heteroatoms. The zero-order valence-corrected chi connectivity index (χ0v) is 18.6. The van der Waals surface area contributed by atoms with E-state index in [2.05, 4.69) is 27.0 Å². The van der Waals surface area contributed by atoms with Crippen LogP contribution in [0.4, 0.5) is 29.1 Å². The van der Waals surface area contributed by atoms with Gasteiger partial charge in [0.25, 0.3) is 12.2 Å². The van der Waals surface area contributed by atoms with E-state index in [9.17, 15) is 17.6 Å². The van der Waals surface area contributed by atoms with Gasteiger partial charge in [0.1, 0.15) is 23.8 Å². The van der Waals surface area contributed by atoms with Gasteiger partial charge in [-0.3, -0.25) is 4.40 Å². The molecule has 0 spiro atoms. The third-order valence-electron chi connectivity index (χ3n) is 6.09. The fraction of sp³-hybridized carbons (Fsp3) is 0.320. The minimum absolute atomic E-state index is 0.0260. The number of alkyl halides is 2. The van der Waals surface area contributed by atoms with Crippen LogP contribution in [0.2, 0.25) is 0 Å². The molecule has 4 aromatic rings. The number of nitrogens with zero attached hydrogens (tertiary/aromatic N) is 5. The fourth-order valence-corrected chi connectivity index (χ4v) is 4.13. The Bertz CT molecular complexity index is 1450. The smallest absolute Gasteiger partial charge is 0.257 e. The number of aromatic nitrogens is 4. The highest BCUT2D eigenvalue weighted by atomic mass is 19.3. The van der Waals surface area contributed by atoms with Crippen molar-refractivity contribution in [2.24, 2.45) is 11.3 Å². The van der Waals surface area contributed by atoms with Crippen LogP contribution >= 0.6 is 0 Å². The molecule has 1 fully saturated rings. The van der Waals surface area contributed by atoms with Gasteiger partial charge in [0.2, 0.25) is 0 Å². The van der Waals surface area contributed by atoms with Crippen molar-refractivity contribution in [1.82, 2.24) is 19.6 Å². The molecule has 0 unspecified atom stereocenters. The molecule has 34 heavy (non-hydrogen) atoms. The van der Waals surface area contributed by atoms with Gasteiger partial charge in [0, 0.05) is 22.1 Å². The molecule has 0 radical (unpaired) electrons. The lowest BCUT2D eigenvalue weighted by molar-refractivity contribution is 0.158. The van der Waals surface area contributed by atoms with E-state index in [4.69, 9.17) is 0 Å². The number of hydrogen-bond acceptors (Lipinski definition) is 4. The molecule has 5 nitrogen and oxygen atoms in total. The number of hydrogen-bond donors (Lipinski definition) is 0. The summed E-state index contributed by atoms with van der Waals surface area (Å²) in [5, 5.41) is 8.00. The van der Waals surface area contributed by atoms with Gasteiger partial charge in [-0.05, 0) is 69.0 Å². The Kier molecular flexibility index (Phi) is 5.39. The van der Waals surface area contributed by atoms with Gasteiger partial charge in [-0.1, -0.05) is 11.8 Å². The van der Waals surface area contributed by atoms with Crippen LogP contribution in [-0.4, -0.2) is 32.6 Å². The number of rotatable bonds is 5. The van der Waals surface area contributed by atoms with Crippen molar-refractivity contribution in [2.45, 2.75) is 33.1 Å². The van der Waals surface area contributed by atoms with Crippen LogP contribution in [0.3, 0.4) is 0 Å². The van der Waals surface area contributed by atoms with E-state index >= 15 is 0 Å². The zero-order chi connectivity index (χ0) is 24.0. The van der Waals surface area contributed by atoms with Crippen molar-refractivity contribution in [3.63, 3.8) is 0 Å². The normalized spacial score (nSPS) is 14.0. The molecule has 2 heterocycles. The molecule has 174 valence electrons. The SMILES string of the molecule is CC(C)(C#Cc1cc(F)cc(N(CC(F)F)c2nc3nncn3c3ccc(F)cc23)c1)C1CC1. The molecule has 0 atom stereocenters. The quantitative estimate of drug-likeness (QED) is 0.277. The first-order valence-corrected chi connectivity index (χ1v) is 10.9. The summed E-state index contributed by atoms with van der Waals surface area (Å²) in [7, 11) is 0. The van der Waals surface area contributed by atoms with Gasteiger partial charge in [-0.15, -0.1) is 10.2 Å². The third-order valence-corrected chi connectivity index (χ3v) is 6.09. The van der Waals surface area contributed by atoms with E-state index in [0.29, 0.717) is 17.0 Å². The predicted molar refractivity (Wildman–Crippen MR) is 121 cm³/mol. The Balaban J connectivity index is 1.67. The Morgan fingerprint density at radius 3 is 2.65 bits per heavy atom. The summed E-state index contributed by atoms with van der Waals surface area (Å²) in [6, 6.07) is 7.90. The first kappa shape index (κ1) is 22.1. The Morgan fingerprint density at radius 1 is 1.12 bits per heavy atom. The fourth-order valence-electron chi connectivity index (χ4n) is 4.13. The van der Waals surface area contributed by atoms with Gasteiger partial charge in [0.15, 0.2) is 0 Å². The van der Waals surface area contributed by atoms with Crippen molar-refractivity contribution < 1.29 is 17.6 Å². The lowest BCUT2D eigenvalue weighted by Gasteiger charge is -2.25. The van der Waals surface area contributed by atoms with E-state index < -0.39 is 24.6 Å². The minimum Gasteiger partial charge on any atom is -0.320 e. The van der Waals surface area contributed by atoms with E-state index in [1.54, 1.807) is 6.07 Å². The average molecular weight is 467 g/mol. The van der Waals surface area contributed by atoms with Gasteiger partial charge < -0.3 is 4.90 Å². The summed E-state index contributed by atoms with van der Waals surface area (Å²) in [5.74, 6) is 5.70. The monoisotopic (exact) mass is 467 g/mol. The zero-order valence-electron chi connectivity index (χ0n) is 18.6. The second-order valence-electron chi connectivity index (χ2n) is 9.04. The lowest BCUT2D eigenvalue weighted by Crippen LogP contribution is -2.25. The van der Waals surface area contributed by atoms with E-state index in [1.165, 1.54) is 39.9 Å². The Labute approximate surface area is 193 Å². The predicted octanol–water partition coefficient (Wildman–Crippen LogP) is 5.75. The maximum atomic E-state index is 14.6.